The monoisotopic (exact) mass is 280 g/mol. The first-order valence-electron chi connectivity index (χ1n) is 7.09. The highest BCUT2D eigenvalue weighted by molar-refractivity contribution is 5.32. The first kappa shape index (κ1) is 15.1. The molecule has 21 heavy (non-hydrogen) atoms. The van der Waals surface area contributed by atoms with E-state index in [1.54, 1.807) is 0 Å². The molecule has 0 bridgehead atoms. The molecule has 0 aromatic heterocycles. The van der Waals surface area contributed by atoms with Gasteiger partial charge in [0.05, 0.1) is 11.6 Å². The van der Waals surface area contributed by atoms with E-state index in [0.717, 1.165) is 17.9 Å². The summed E-state index contributed by atoms with van der Waals surface area (Å²) in [5, 5.41) is 12.3. The minimum atomic E-state index is 0.233. The quantitative estimate of drug-likeness (QED) is 0.881. The fourth-order valence-electron chi connectivity index (χ4n) is 1.96. The summed E-state index contributed by atoms with van der Waals surface area (Å²) in [7, 11) is 0. The van der Waals surface area contributed by atoms with E-state index in [1.165, 1.54) is 5.56 Å². The van der Waals surface area contributed by atoms with E-state index in [0.29, 0.717) is 12.2 Å². The minimum absolute atomic E-state index is 0.233. The number of nitrogens with zero attached hydrogens (tertiary/aromatic N) is 1. The summed E-state index contributed by atoms with van der Waals surface area (Å²) < 4.78 is 5.74. The van der Waals surface area contributed by atoms with Crippen molar-refractivity contribution < 1.29 is 4.74 Å². The Morgan fingerprint density at radius 1 is 1.19 bits per heavy atom. The highest BCUT2D eigenvalue weighted by Gasteiger charge is 2.03. The Morgan fingerprint density at radius 2 is 1.95 bits per heavy atom. The summed E-state index contributed by atoms with van der Waals surface area (Å²) in [6.45, 7) is 5.49. The Bertz CT molecular complexity index is 614. The van der Waals surface area contributed by atoms with Crippen molar-refractivity contribution in [3.63, 3.8) is 0 Å². The smallest absolute Gasteiger partial charge is 0.119 e. The first-order chi connectivity index (χ1) is 10.2. The molecule has 0 amide bonds. The lowest BCUT2D eigenvalue weighted by Crippen LogP contribution is -2.31. The maximum absolute atomic E-state index is 8.88. The highest BCUT2D eigenvalue weighted by Crippen LogP contribution is 2.11. The van der Waals surface area contributed by atoms with Gasteiger partial charge in [-0.3, -0.25) is 0 Å². The van der Waals surface area contributed by atoms with E-state index in [4.69, 9.17) is 10.00 Å². The predicted molar refractivity (Wildman–Crippen MR) is 84.1 cm³/mol. The van der Waals surface area contributed by atoms with Gasteiger partial charge in [-0.25, -0.2) is 0 Å². The first-order valence-corrected chi connectivity index (χ1v) is 7.09. The van der Waals surface area contributed by atoms with Gasteiger partial charge in [-0.1, -0.05) is 29.8 Å². The summed E-state index contributed by atoms with van der Waals surface area (Å²) in [6, 6.07) is 18.1. The molecule has 1 atom stereocenters. The average molecular weight is 280 g/mol. The van der Waals surface area contributed by atoms with Gasteiger partial charge in [0.15, 0.2) is 0 Å². The van der Waals surface area contributed by atoms with Gasteiger partial charge in [0, 0.05) is 12.6 Å². The Hall–Kier alpha value is -2.31. The number of hydrogen-bond donors (Lipinski definition) is 1. The topological polar surface area (TPSA) is 45.0 Å². The Kier molecular flexibility index (Phi) is 5.36. The van der Waals surface area contributed by atoms with Gasteiger partial charge >= 0.3 is 0 Å². The number of benzene rings is 2. The second-order valence-electron chi connectivity index (χ2n) is 5.22. The van der Waals surface area contributed by atoms with Crippen molar-refractivity contribution in [2.24, 2.45) is 0 Å². The van der Waals surface area contributed by atoms with Crippen LogP contribution in [-0.2, 0) is 6.54 Å². The van der Waals surface area contributed by atoms with Crippen LogP contribution in [0.1, 0.15) is 23.6 Å². The van der Waals surface area contributed by atoms with Crippen LogP contribution in [0, 0.1) is 18.3 Å². The summed E-state index contributed by atoms with van der Waals surface area (Å²) in [6.07, 6.45) is 0. The molecule has 0 saturated heterocycles. The van der Waals surface area contributed by atoms with Crippen LogP contribution in [-0.4, -0.2) is 12.6 Å². The maximum Gasteiger partial charge on any atom is 0.119 e. The molecule has 0 aliphatic carbocycles. The summed E-state index contributed by atoms with van der Waals surface area (Å²) in [5.41, 5.74) is 3.03. The van der Waals surface area contributed by atoms with Crippen LogP contribution in [0.5, 0.6) is 5.75 Å². The van der Waals surface area contributed by atoms with Crippen molar-refractivity contribution in [2.45, 2.75) is 26.4 Å². The Morgan fingerprint density at radius 3 is 2.67 bits per heavy atom. The zero-order valence-electron chi connectivity index (χ0n) is 12.5. The molecule has 3 heteroatoms. The third kappa shape index (κ3) is 4.94. The Labute approximate surface area is 126 Å². The van der Waals surface area contributed by atoms with Crippen molar-refractivity contribution >= 4 is 0 Å². The highest BCUT2D eigenvalue weighted by atomic mass is 16.5. The van der Waals surface area contributed by atoms with Crippen molar-refractivity contribution in [3.8, 4) is 11.8 Å². The molecular weight excluding hydrogens is 260 g/mol. The van der Waals surface area contributed by atoms with E-state index < -0.39 is 0 Å². The molecule has 0 aliphatic rings. The van der Waals surface area contributed by atoms with Crippen LogP contribution in [0.4, 0.5) is 0 Å². The summed E-state index contributed by atoms with van der Waals surface area (Å²) in [5.74, 6) is 0.890. The summed E-state index contributed by atoms with van der Waals surface area (Å²) in [4.78, 5) is 0. The van der Waals surface area contributed by atoms with Gasteiger partial charge in [-0.05, 0) is 43.7 Å². The van der Waals surface area contributed by atoms with Crippen LogP contribution in [0.2, 0.25) is 0 Å². The number of hydrogen-bond acceptors (Lipinski definition) is 3. The molecule has 108 valence electrons. The van der Waals surface area contributed by atoms with E-state index in [9.17, 15) is 0 Å². The van der Waals surface area contributed by atoms with E-state index >= 15 is 0 Å². The lowest BCUT2D eigenvalue weighted by atomic mass is 10.1. The standard InChI is InChI=1S/C18H20N2O/c1-14-6-8-18(9-7-14)21-13-15(2)20-12-17-5-3-4-16(10-17)11-19/h3-10,15,20H,12-13H2,1-2H3. The molecule has 1 N–H and O–H groups in total. The van der Waals surface area contributed by atoms with Crippen LogP contribution in [0.25, 0.3) is 0 Å². The zero-order valence-corrected chi connectivity index (χ0v) is 12.5. The lowest BCUT2D eigenvalue weighted by Gasteiger charge is -2.15. The van der Waals surface area contributed by atoms with Crippen molar-refractivity contribution in [1.82, 2.24) is 5.32 Å². The minimum Gasteiger partial charge on any atom is -0.492 e. The van der Waals surface area contributed by atoms with Crippen LogP contribution in [0.15, 0.2) is 48.5 Å². The van der Waals surface area contributed by atoms with E-state index in [1.807, 2.05) is 48.5 Å². The van der Waals surface area contributed by atoms with Crippen molar-refractivity contribution in [3.05, 3.63) is 65.2 Å². The fraction of sp³-hybridized carbons (Fsp3) is 0.278. The zero-order chi connectivity index (χ0) is 15.1. The van der Waals surface area contributed by atoms with E-state index in [-0.39, 0.29) is 6.04 Å². The van der Waals surface area contributed by atoms with Crippen LogP contribution in [0.3, 0.4) is 0 Å². The number of nitrogens with one attached hydrogen (secondary N) is 1. The van der Waals surface area contributed by atoms with Gasteiger partial charge in [0.2, 0.25) is 0 Å². The maximum atomic E-state index is 8.88. The lowest BCUT2D eigenvalue weighted by molar-refractivity contribution is 0.272. The largest absolute Gasteiger partial charge is 0.492 e. The van der Waals surface area contributed by atoms with Gasteiger partial charge in [-0.2, -0.15) is 5.26 Å². The van der Waals surface area contributed by atoms with Gasteiger partial charge in [-0.15, -0.1) is 0 Å². The second-order valence-corrected chi connectivity index (χ2v) is 5.22. The Balaban J connectivity index is 1.78. The van der Waals surface area contributed by atoms with Crippen molar-refractivity contribution in [1.29, 1.82) is 5.26 Å². The molecule has 0 fully saturated rings. The van der Waals surface area contributed by atoms with Gasteiger partial charge in [0.25, 0.3) is 0 Å². The molecule has 0 spiro atoms. The average Bonchev–Trinajstić information content (AvgIpc) is 2.52. The molecule has 0 heterocycles. The third-order valence-corrected chi connectivity index (χ3v) is 3.23. The molecule has 0 aliphatic heterocycles. The molecule has 2 rings (SSSR count). The molecule has 1 unspecified atom stereocenters. The SMILES string of the molecule is Cc1ccc(OCC(C)NCc2cccc(C#N)c2)cc1. The molecule has 2 aromatic carbocycles. The molecule has 0 radical (unpaired) electrons. The van der Waals surface area contributed by atoms with Crippen LogP contribution < -0.4 is 10.1 Å². The number of ether oxygens (including phenoxy) is 1. The molecule has 2 aromatic rings. The van der Waals surface area contributed by atoms with Crippen LogP contribution >= 0.6 is 0 Å². The van der Waals surface area contributed by atoms with E-state index in [2.05, 4.69) is 25.2 Å². The summed E-state index contributed by atoms with van der Waals surface area (Å²) >= 11 is 0. The molecular formula is C18H20N2O. The van der Waals surface area contributed by atoms with Crippen molar-refractivity contribution in [2.75, 3.05) is 6.61 Å². The molecule has 0 saturated carbocycles. The van der Waals surface area contributed by atoms with Gasteiger partial charge in [0.1, 0.15) is 12.4 Å². The fourth-order valence-corrected chi connectivity index (χ4v) is 1.96. The third-order valence-electron chi connectivity index (χ3n) is 3.23. The molecule has 3 nitrogen and oxygen atoms in total. The number of aryl methyl sites for hydroxylation is 1. The van der Waals surface area contributed by atoms with Gasteiger partial charge < -0.3 is 10.1 Å². The number of rotatable bonds is 6. The predicted octanol–water partition coefficient (Wildman–Crippen LogP) is 3.42. The number of nitriles is 1. The second kappa shape index (κ2) is 7.47. The normalized spacial score (nSPS) is 11.7.